The smallest absolute Gasteiger partial charge is 0.273 e. The third-order valence-corrected chi connectivity index (χ3v) is 3.33. The van der Waals surface area contributed by atoms with E-state index in [1.54, 1.807) is 6.07 Å². The molecule has 1 rings (SSSR count). The van der Waals surface area contributed by atoms with E-state index in [1.165, 1.54) is 6.07 Å². The van der Waals surface area contributed by atoms with Crippen LogP contribution in [0, 0.1) is 19.1 Å². The molecule has 0 aliphatic carbocycles. The van der Waals surface area contributed by atoms with Gasteiger partial charge in [0.05, 0.1) is 11.0 Å². The highest BCUT2D eigenvalue weighted by Crippen LogP contribution is 2.27. The van der Waals surface area contributed by atoms with Crippen LogP contribution in [0.5, 0.6) is 0 Å². The molecular formula is C12H16INO3. The van der Waals surface area contributed by atoms with Crippen LogP contribution in [0.2, 0.25) is 0 Å². The van der Waals surface area contributed by atoms with Gasteiger partial charge in [-0.1, -0.05) is 26.8 Å². The van der Waals surface area contributed by atoms with Crippen LogP contribution in [0.3, 0.4) is 0 Å². The zero-order valence-corrected chi connectivity index (χ0v) is 12.3. The van der Waals surface area contributed by atoms with Crippen LogP contribution in [-0.2, 0) is 6.42 Å². The van der Waals surface area contributed by atoms with Gasteiger partial charge in [-0.3, -0.25) is 10.1 Å². The van der Waals surface area contributed by atoms with Gasteiger partial charge in [-0.15, -0.1) is 0 Å². The molecule has 0 spiro atoms. The molecule has 0 bridgehead atoms. The lowest BCUT2D eigenvalue weighted by molar-refractivity contribution is -0.385. The van der Waals surface area contributed by atoms with Crippen LogP contribution in [0.25, 0.3) is 0 Å². The van der Waals surface area contributed by atoms with E-state index >= 15 is 0 Å². The number of halogens is 1. The van der Waals surface area contributed by atoms with Gasteiger partial charge >= 0.3 is 0 Å². The van der Waals surface area contributed by atoms with E-state index in [-0.39, 0.29) is 11.1 Å². The molecule has 1 aromatic rings. The number of benzene rings is 1. The Hall–Kier alpha value is -0.690. The summed E-state index contributed by atoms with van der Waals surface area (Å²) in [6.07, 6.45) is -0.294. The molecule has 0 saturated heterocycles. The highest BCUT2D eigenvalue weighted by molar-refractivity contribution is 14.1. The predicted octanol–water partition coefficient (Wildman–Crippen LogP) is 3.15. The quantitative estimate of drug-likeness (QED) is 0.518. The molecule has 1 N–H and O–H groups in total. The molecule has 0 fully saturated rings. The number of aliphatic hydroxyl groups is 1. The standard InChI is InChI=1S/C12H16INO3/c1-12(2,3)11(15)6-8-4-5-9(13)7-10(8)14(16)17/h4-5,7,11,15H,6H2,1-3H3. The van der Waals surface area contributed by atoms with Crippen molar-refractivity contribution in [2.45, 2.75) is 33.3 Å². The fraction of sp³-hybridized carbons (Fsp3) is 0.500. The highest BCUT2D eigenvalue weighted by Gasteiger charge is 2.25. The van der Waals surface area contributed by atoms with E-state index in [4.69, 9.17) is 0 Å². The number of hydrogen-bond donors (Lipinski definition) is 1. The fourth-order valence-corrected chi connectivity index (χ4v) is 1.87. The Bertz CT molecular complexity index is 426. The van der Waals surface area contributed by atoms with E-state index in [2.05, 4.69) is 0 Å². The van der Waals surface area contributed by atoms with Crippen molar-refractivity contribution in [3.63, 3.8) is 0 Å². The summed E-state index contributed by atoms with van der Waals surface area (Å²) in [5.74, 6) is 0. The summed E-state index contributed by atoms with van der Waals surface area (Å²) in [4.78, 5) is 10.5. The number of rotatable bonds is 3. The number of aliphatic hydroxyl groups excluding tert-OH is 1. The summed E-state index contributed by atoms with van der Waals surface area (Å²) >= 11 is 2.04. The molecule has 94 valence electrons. The second-order valence-electron chi connectivity index (χ2n) is 5.12. The Labute approximate surface area is 114 Å². The summed E-state index contributed by atoms with van der Waals surface area (Å²) in [6.45, 7) is 5.74. The zero-order valence-electron chi connectivity index (χ0n) is 10.1. The summed E-state index contributed by atoms with van der Waals surface area (Å²) < 4.78 is 0.822. The molecule has 4 nitrogen and oxygen atoms in total. The molecule has 1 atom stereocenters. The SMILES string of the molecule is CC(C)(C)C(O)Cc1ccc(I)cc1[N+](=O)[O-]. The third kappa shape index (κ3) is 3.92. The maximum absolute atomic E-state index is 10.9. The molecule has 1 unspecified atom stereocenters. The van der Waals surface area contributed by atoms with Crippen molar-refractivity contribution in [1.29, 1.82) is 0 Å². The first-order valence-corrected chi connectivity index (χ1v) is 6.40. The molecule has 17 heavy (non-hydrogen) atoms. The topological polar surface area (TPSA) is 63.4 Å². The summed E-state index contributed by atoms with van der Waals surface area (Å²) in [6, 6.07) is 5.07. The normalized spacial score (nSPS) is 13.5. The molecule has 1 aromatic carbocycles. The Balaban J connectivity index is 3.03. The largest absolute Gasteiger partial charge is 0.392 e. The second-order valence-corrected chi connectivity index (χ2v) is 6.36. The van der Waals surface area contributed by atoms with Crippen LogP contribution < -0.4 is 0 Å². The third-order valence-electron chi connectivity index (χ3n) is 2.66. The summed E-state index contributed by atoms with van der Waals surface area (Å²) in [7, 11) is 0. The minimum absolute atomic E-state index is 0.0835. The maximum atomic E-state index is 10.9. The first kappa shape index (κ1) is 14.4. The van der Waals surface area contributed by atoms with Gasteiger partial charge in [-0.25, -0.2) is 0 Å². The van der Waals surface area contributed by atoms with E-state index < -0.39 is 11.0 Å². The fourth-order valence-electron chi connectivity index (χ4n) is 1.39. The molecular weight excluding hydrogens is 333 g/mol. The lowest BCUT2D eigenvalue weighted by Gasteiger charge is -2.25. The minimum Gasteiger partial charge on any atom is -0.392 e. The van der Waals surface area contributed by atoms with Crippen molar-refractivity contribution < 1.29 is 10.0 Å². The maximum Gasteiger partial charge on any atom is 0.273 e. The average Bonchev–Trinajstić information content (AvgIpc) is 2.18. The van der Waals surface area contributed by atoms with Gasteiger partial charge in [-0.2, -0.15) is 0 Å². The Morgan fingerprint density at radius 3 is 2.53 bits per heavy atom. The summed E-state index contributed by atoms with van der Waals surface area (Å²) in [5, 5.41) is 20.9. The molecule has 0 amide bonds. The van der Waals surface area contributed by atoms with Gasteiger partial charge in [-0.05, 0) is 34.1 Å². The van der Waals surface area contributed by atoms with E-state index in [1.807, 2.05) is 49.4 Å². The van der Waals surface area contributed by atoms with Gasteiger partial charge in [0.25, 0.3) is 5.69 Å². The van der Waals surface area contributed by atoms with Gasteiger partial charge in [0.2, 0.25) is 0 Å². The van der Waals surface area contributed by atoms with Crippen LogP contribution in [0.4, 0.5) is 5.69 Å². The van der Waals surface area contributed by atoms with Crippen LogP contribution in [0.1, 0.15) is 26.3 Å². The van der Waals surface area contributed by atoms with Crippen molar-refractivity contribution in [2.24, 2.45) is 5.41 Å². The van der Waals surface area contributed by atoms with Crippen molar-refractivity contribution in [2.75, 3.05) is 0 Å². The molecule has 0 radical (unpaired) electrons. The van der Waals surface area contributed by atoms with Crippen LogP contribution >= 0.6 is 22.6 Å². The number of hydrogen-bond acceptors (Lipinski definition) is 3. The minimum atomic E-state index is -0.596. The Morgan fingerprint density at radius 1 is 1.47 bits per heavy atom. The number of nitrogens with zero attached hydrogens (tertiary/aromatic N) is 1. The number of nitro groups is 1. The summed E-state index contributed by atoms with van der Waals surface area (Å²) in [5.41, 5.74) is 0.384. The zero-order chi connectivity index (χ0) is 13.2. The molecule has 5 heteroatoms. The van der Waals surface area contributed by atoms with Crippen molar-refractivity contribution in [1.82, 2.24) is 0 Å². The van der Waals surface area contributed by atoms with E-state index in [9.17, 15) is 15.2 Å². The van der Waals surface area contributed by atoms with Crippen molar-refractivity contribution >= 4 is 28.3 Å². The van der Waals surface area contributed by atoms with Gasteiger partial charge in [0.1, 0.15) is 0 Å². The average molecular weight is 349 g/mol. The predicted molar refractivity (Wildman–Crippen MR) is 75.0 cm³/mol. The molecule has 0 aliphatic rings. The van der Waals surface area contributed by atoms with Crippen LogP contribution in [0.15, 0.2) is 18.2 Å². The number of nitro benzene ring substituents is 1. The highest BCUT2D eigenvalue weighted by atomic mass is 127. The Kier molecular flexibility index (Phi) is 4.48. The lowest BCUT2D eigenvalue weighted by Crippen LogP contribution is -2.28. The van der Waals surface area contributed by atoms with Gasteiger partial charge in [0.15, 0.2) is 0 Å². The van der Waals surface area contributed by atoms with Crippen molar-refractivity contribution in [3.05, 3.63) is 37.4 Å². The van der Waals surface area contributed by atoms with E-state index in [0.29, 0.717) is 12.0 Å². The van der Waals surface area contributed by atoms with E-state index in [0.717, 1.165) is 3.57 Å². The lowest BCUT2D eigenvalue weighted by atomic mass is 9.85. The molecule has 0 aliphatic heterocycles. The second kappa shape index (κ2) is 5.30. The van der Waals surface area contributed by atoms with Crippen molar-refractivity contribution in [3.8, 4) is 0 Å². The van der Waals surface area contributed by atoms with Gasteiger partial charge < -0.3 is 5.11 Å². The first-order valence-electron chi connectivity index (χ1n) is 5.32. The molecule has 0 heterocycles. The molecule has 0 saturated carbocycles. The van der Waals surface area contributed by atoms with Gasteiger partial charge in [0, 0.05) is 21.6 Å². The Morgan fingerprint density at radius 2 is 2.06 bits per heavy atom. The molecule has 0 aromatic heterocycles. The monoisotopic (exact) mass is 349 g/mol. The van der Waals surface area contributed by atoms with Crippen LogP contribution in [-0.4, -0.2) is 16.1 Å². The first-order chi connectivity index (χ1) is 7.71.